The number of carbonyl (C=O) groups excluding carboxylic acids is 1. The highest BCUT2D eigenvalue weighted by Crippen LogP contribution is 2.14. The van der Waals surface area contributed by atoms with Crippen molar-refractivity contribution in [2.24, 2.45) is 4.99 Å². The monoisotopic (exact) mass is 537 g/mol. The van der Waals surface area contributed by atoms with Gasteiger partial charge in [0.2, 0.25) is 0 Å². The molecule has 0 aliphatic rings. The molecule has 1 unspecified atom stereocenters. The van der Waals surface area contributed by atoms with Gasteiger partial charge in [0.1, 0.15) is 0 Å². The summed E-state index contributed by atoms with van der Waals surface area (Å²) in [6, 6.07) is 7.37. The maximum atomic E-state index is 12.2. The number of amides is 1. The number of hydrogen-bond donors (Lipinski definition) is 3. The Morgan fingerprint density at radius 2 is 1.86 bits per heavy atom. The minimum absolute atomic E-state index is 0. The van der Waals surface area contributed by atoms with Gasteiger partial charge in [-0.1, -0.05) is 37.6 Å². The molecule has 1 rings (SSSR count). The Hall–Kier alpha value is -1.06. The zero-order chi connectivity index (χ0) is 20.8. The van der Waals surface area contributed by atoms with Gasteiger partial charge in [0, 0.05) is 19.1 Å². The van der Waals surface area contributed by atoms with Crippen molar-refractivity contribution in [3.8, 4) is 0 Å². The Kier molecular flexibility index (Phi) is 16.1. The van der Waals surface area contributed by atoms with Crippen molar-refractivity contribution < 1.29 is 4.79 Å². The van der Waals surface area contributed by atoms with E-state index in [1.165, 1.54) is 0 Å². The van der Waals surface area contributed by atoms with Crippen molar-refractivity contribution in [2.45, 2.75) is 46.6 Å². The van der Waals surface area contributed by atoms with Gasteiger partial charge >= 0.3 is 0 Å². The van der Waals surface area contributed by atoms with Gasteiger partial charge in [0.05, 0.1) is 17.1 Å². The van der Waals surface area contributed by atoms with Crippen LogP contribution in [0.15, 0.2) is 29.3 Å². The molecule has 0 saturated heterocycles. The van der Waals surface area contributed by atoms with E-state index in [9.17, 15) is 4.79 Å². The molecule has 8 heteroatoms. The lowest BCUT2D eigenvalue weighted by atomic mass is 10.2. The molecule has 1 aromatic carbocycles. The van der Waals surface area contributed by atoms with Crippen LogP contribution < -0.4 is 16.0 Å². The third kappa shape index (κ3) is 11.6. The van der Waals surface area contributed by atoms with Crippen LogP contribution in [0.25, 0.3) is 0 Å². The normalized spacial score (nSPS) is 12.3. The molecule has 0 spiro atoms. The Morgan fingerprint density at radius 1 is 1.17 bits per heavy atom. The molecule has 0 fully saturated rings. The van der Waals surface area contributed by atoms with Gasteiger partial charge < -0.3 is 20.9 Å². The smallest absolute Gasteiger partial charge is 0.252 e. The summed E-state index contributed by atoms with van der Waals surface area (Å²) in [4.78, 5) is 19.1. The van der Waals surface area contributed by atoms with Crippen LogP contribution in [0.5, 0.6) is 0 Å². The summed E-state index contributed by atoms with van der Waals surface area (Å²) in [5.41, 5.74) is 0.486. The summed E-state index contributed by atoms with van der Waals surface area (Å²) < 4.78 is 0. The second kappa shape index (κ2) is 16.7. The topological polar surface area (TPSA) is 68.8 Å². The van der Waals surface area contributed by atoms with Crippen LogP contribution in [0.3, 0.4) is 0 Å². The van der Waals surface area contributed by atoms with Gasteiger partial charge in [-0.2, -0.15) is 0 Å². The average molecular weight is 538 g/mol. The number of carbonyl (C=O) groups is 1. The highest BCUT2D eigenvalue weighted by Gasteiger charge is 2.09. The molecule has 1 amide bonds. The van der Waals surface area contributed by atoms with E-state index in [-0.39, 0.29) is 29.9 Å². The predicted molar refractivity (Wildman–Crippen MR) is 135 cm³/mol. The molecule has 166 valence electrons. The first-order valence-electron chi connectivity index (χ1n) is 10.3. The number of aliphatic imine (C=N–C) groups is 1. The number of benzene rings is 1. The molecular formula is C21H37ClIN5O. The summed E-state index contributed by atoms with van der Waals surface area (Å²) in [5.74, 6) is 0.605. The van der Waals surface area contributed by atoms with Gasteiger partial charge in [-0.3, -0.25) is 9.79 Å². The summed E-state index contributed by atoms with van der Waals surface area (Å²) in [7, 11) is 0. The number of halogens is 2. The Labute approximate surface area is 198 Å². The van der Waals surface area contributed by atoms with E-state index in [0.29, 0.717) is 29.7 Å². The van der Waals surface area contributed by atoms with Gasteiger partial charge in [-0.25, -0.2) is 0 Å². The highest BCUT2D eigenvalue weighted by molar-refractivity contribution is 14.0. The summed E-state index contributed by atoms with van der Waals surface area (Å²) in [5, 5.41) is 10.0. The van der Waals surface area contributed by atoms with Crippen molar-refractivity contribution >= 4 is 47.4 Å². The quantitative estimate of drug-likeness (QED) is 0.164. The van der Waals surface area contributed by atoms with Crippen LogP contribution in [-0.2, 0) is 0 Å². The number of nitrogens with zero attached hydrogens (tertiary/aromatic N) is 2. The van der Waals surface area contributed by atoms with E-state index in [1.54, 1.807) is 24.3 Å². The lowest BCUT2D eigenvalue weighted by Crippen LogP contribution is -2.43. The summed E-state index contributed by atoms with van der Waals surface area (Å²) in [6.45, 7) is 13.7. The zero-order valence-electron chi connectivity index (χ0n) is 18.1. The molecular weight excluding hydrogens is 501 g/mol. The highest BCUT2D eigenvalue weighted by atomic mass is 127. The summed E-state index contributed by atoms with van der Waals surface area (Å²) in [6.07, 6.45) is 2.24. The maximum Gasteiger partial charge on any atom is 0.252 e. The van der Waals surface area contributed by atoms with Crippen molar-refractivity contribution in [3.63, 3.8) is 0 Å². The maximum absolute atomic E-state index is 12.2. The average Bonchev–Trinajstić information content (AvgIpc) is 2.68. The SMILES string of the molecule is CCNC(=NCCNC(=O)c1ccccc1Cl)NC(C)CCCN(CC)CC.I. The van der Waals surface area contributed by atoms with Gasteiger partial charge in [-0.15, -0.1) is 24.0 Å². The first-order valence-corrected chi connectivity index (χ1v) is 10.7. The van der Waals surface area contributed by atoms with Crippen molar-refractivity contribution in [1.29, 1.82) is 0 Å². The first-order chi connectivity index (χ1) is 13.5. The van der Waals surface area contributed by atoms with E-state index in [2.05, 4.69) is 46.6 Å². The van der Waals surface area contributed by atoms with Gasteiger partial charge in [-0.05, 0) is 58.5 Å². The van der Waals surface area contributed by atoms with E-state index >= 15 is 0 Å². The molecule has 0 radical (unpaired) electrons. The molecule has 0 heterocycles. The fraction of sp³-hybridized carbons (Fsp3) is 0.619. The van der Waals surface area contributed by atoms with Crippen molar-refractivity contribution in [2.75, 3.05) is 39.3 Å². The molecule has 1 atom stereocenters. The van der Waals surface area contributed by atoms with Crippen LogP contribution in [0.4, 0.5) is 0 Å². The Balaban J connectivity index is 0.00000784. The van der Waals surface area contributed by atoms with E-state index in [4.69, 9.17) is 11.6 Å². The molecule has 6 nitrogen and oxygen atoms in total. The van der Waals surface area contributed by atoms with Crippen molar-refractivity contribution in [3.05, 3.63) is 34.9 Å². The second-order valence-electron chi connectivity index (χ2n) is 6.71. The van der Waals surface area contributed by atoms with Gasteiger partial charge in [0.15, 0.2) is 5.96 Å². The van der Waals surface area contributed by atoms with Crippen LogP contribution in [0.1, 0.15) is 50.9 Å². The van der Waals surface area contributed by atoms with Crippen LogP contribution in [0, 0.1) is 0 Å². The molecule has 0 aliphatic carbocycles. The van der Waals surface area contributed by atoms with Crippen molar-refractivity contribution in [1.82, 2.24) is 20.9 Å². The fourth-order valence-corrected chi connectivity index (χ4v) is 3.09. The lowest BCUT2D eigenvalue weighted by molar-refractivity contribution is 0.0955. The molecule has 0 aliphatic heterocycles. The fourth-order valence-electron chi connectivity index (χ4n) is 2.86. The van der Waals surface area contributed by atoms with E-state index in [0.717, 1.165) is 45.0 Å². The third-order valence-electron chi connectivity index (χ3n) is 4.52. The summed E-state index contributed by atoms with van der Waals surface area (Å²) >= 11 is 6.05. The molecule has 0 saturated carbocycles. The molecule has 29 heavy (non-hydrogen) atoms. The second-order valence-corrected chi connectivity index (χ2v) is 7.12. The number of nitrogens with one attached hydrogen (secondary N) is 3. The third-order valence-corrected chi connectivity index (χ3v) is 4.85. The number of hydrogen-bond acceptors (Lipinski definition) is 3. The predicted octanol–water partition coefficient (Wildman–Crippen LogP) is 3.75. The van der Waals surface area contributed by atoms with Crippen LogP contribution in [0.2, 0.25) is 5.02 Å². The molecule has 1 aromatic rings. The molecule has 3 N–H and O–H groups in total. The zero-order valence-corrected chi connectivity index (χ0v) is 21.2. The largest absolute Gasteiger partial charge is 0.357 e. The van der Waals surface area contributed by atoms with E-state index < -0.39 is 0 Å². The number of guanidine groups is 1. The van der Waals surface area contributed by atoms with Gasteiger partial charge in [0.25, 0.3) is 5.91 Å². The molecule has 0 bridgehead atoms. The van der Waals surface area contributed by atoms with Crippen LogP contribution >= 0.6 is 35.6 Å². The number of rotatable bonds is 12. The Bertz CT molecular complexity index is 610. The standard InChI is InChI=1S/C21H36ClN5O.HI/c1-5-23-21(26-17(4)11-10-16-27(6-2)7-3)25-15-14-24-20(28)18-12-8-9-13-19(18)22;/h8-9,12-13,17H,5-7,10-11,14-16H2,1-4H3,(H,24,28)(H2,23,25,26);1H. The van der Waals surface area contributed by atoms with E-state index in [1.807, 2.05) is 6.92 Å². The Morgan fingerprint density at radius 3 is 2.48 bits per heavy atom. The minimum atomic E-state index is -0.177. The first kappa shape index (κ1) is 27.9. The molecule has 0 aromatic heterocycles. The van der Waals surface area contributed by atoms with Crippen LogP contribution in [-0.4, -0.2) is 62.1 Å². The minimum Gasteiger partial charge on any atom is -0.357 e. The lowest BCUT2D eigenvalue weighted by Gasteiger charge is -2.21.